The highest BCUT2D eigenvalue weighted by Gasteiger charge is 2.18. The Hall–Kier alpha value is -1.50. The third-order valence-corrected chi connectivity index (χ3v) is 2.15. The van der Waals surface area contributed by atoms with Crippen LogP contribution in [0.3, 0.4) is 0 Å². The summed E-state index contributed by atoms with van der Waals surface area (Å²) >= 11 is 0. The average molecular weight is 242 g/mol. The zero-order valence-corrected chi connectivity index (χ0v) is 9.48. The van der Waals surface area contributed by atoms with Gasteiger partial charge >= 0.3 is 0 Å². The third-order valence-electron chi connectivity index (χ3n) is 2.15. The second-order valence-electron chi connectivity index (χ2n) is 3.35. The van der Waals surface area contributed by atoms with Crippen molar-refractivity contribution in [2.45, 2.75) is 12.7 Å². The molecule has 0 aliphatic carbocycles. The maximum atomic E-state index is 13.3. The van der Waals surface area contributed by atoms with Crippen LogP contribution in [0.25, 0.3) is 0 Å². The summed E-state index contributed by atoms with van der Waals surface area (Å²) in [6.07, 6.45) is -0.857. The molecule has 0 bridgehead atoms. The molecule has 0 saturated heterocycles. The zero-order chi connectivity index (χ0) is 12.7. The molecule has 0 aromatic heterocycles. The fourth-order valence-corrected chi connectivity index (χ4v) is 1.25. The van der Waals surface area contributed by atoms with Crippen LogP contribution < -0.4 is 11.3 Å². The summed E-state index contributed by atoms with van der Waals surface area (Å²) in [6, 6.07) is 6.18. The zero-order valence-electron chi connectivity index (χ0n) is 9.48. The quantitative estimate of drug-likeness (QED) is 0.429. The SMILES string of the molecule is COCC(OCc1ccccc1F)C(=O)NN. The van der Waals surface area contributed by atoms with Crippen LogP contribution in [-0.4, -0.2) is 25.7 Å². The van der Waals surface area contributed by atoms with Crippen molar-refractivity contribution < 1.29 is 18.7 Å². The molecule has 5 nitrogen and oxygen atoms in total. The van der Waals surface area contributed by atoms with Crippen molar-refractivity contribution >= 4 is 5.91 Å². The van der Waals surface area contributed by atoms with Crippen molar-refractivity contribution in [1.29, 1.82) is 0 Å². The van der Waals surface area contributed by atoms with Crippen LogP contribution in [0.5, 0.6) is 0 Å². The van der Waals surface area contributed by atoms with E-state index in [2.05, 4.69) is 0 Å². The van der Waals surface area contributed by atoms with Gasteiger partial charge < -0.3 is 9.47 Å². The highest BCUT2D eigenvalue weighted by atomic mass is 19.1. The van der Waals surface area contributed by atoms with Gasteiger partial charge in [-0.3, -0.25) is 10.2 Å². The van der Waals surface area contributed by atoms with Crippen molar-refractivity contribution in [3.63, 3.8) is 0 Å². The lowest BCUT2D eigenvalue weighted by molar-refractivity contribution is -0.137. The Kier molecular flexibility index (Phi) is 5.55. The van der Waals surface area contributed by atoms with Gasteiger partial charge in [-0.2, -0.15) is 0 Å². The number of nitrogens with one attached hydrogen (secondary N) is 1. The Morgan fingerprint density at radius 3 is 2.82 bits per heavy atom. The number of amides is 1. The molecule has 1 unspecified atom stereocenters. The van der Waals surface area contributed by atoms with E-state index in [4.69, 9.17) is 15.3 Å². The van der Waals surface area contributed by atoms with Gasteiger partial charge in [0, 0.05) is 12.7 Å². The molecule has 1 atom stereocenters. The lowest BCUT2D eigenvalue weighted by Gasteiger charge is -2.15. The monoisotopic (exact) mass is 242 g/mol. The fraction of sp³-hybridized carbons (Fsp3) is 0.364. The van der Waals surface area contributed by atoms with E-state index in [1.54, 1.807) is 18.2 Å². The second-order valence-corrected chi connectivity index (χ2v) is 3.35. The van der Waals surface area contributed by atoms with Gasteiger partial charge in [0.2, 0.25) is 0 Å². The number of hydrogen-bond donors (Lipinski definition) is 2. The molecular formula is C11H15FN2O3. The van der Waals surface area contributed by atoms with E-state index in [0.717, 1.165) is 0 Å². The molecule has 0 aliphatic rings. The minimum absolute atomic E-state index is 0.0197. The minimum atomic E-state index is -0.857. The molecule has 1 aromatic rings. The summed E-state index contributed by atoms with van der Waals surface area (Å²) in [5.74, 6) is 4.10. The number of hydrazine groups is 1. The molecule has 0 fully saturated rings. The van der Waals surface area contributed by atoms with Gasteiger partial charge in [0.05, 0.1) is 13.2 Å². The van der Waals surface area contributed by atoms with Crippen molar-refractivity contribution in [3.05, 3.63) is 35.6 Å². The summed E-state index contributed by atoms with van der Waals surface area (Å²) < 4.78 is 23.3. The molecule has 1 aromatic carbocycles. The first-order valence-corrected chi connectivity index (χ1v) is 5.03. The lowest BCUT2D eigenvalue weighted by Crippen LogP contribution is -2.42. The molecule has 94 valence electrons. The smallest absolute Gasteiger partial charge is 0.265 e. The Bertz CT molecular complexity index is 373. The molecule has 6 heteroatoms. The number of ether oxygens (including phenoxy) is 2. The number of halogens is 1. The predicted octanol–water partition coefficient (Wildman–Crippen LogP) is 0.347. The largest absolute Gasteiger partial charge is 0.381 e. The van der Waals surface area contributed by atoms with E-state index in [1.807, 2.05) is 5.43 Å². The summed E-state index contributed by atoms with van der Waals surface area (Å²) in [5, 5.41) is 0. The summed E-state index contributed by atoms with van der Waals surface area (Å²) in [6.45, 7) is 0.0333. The van der Waals surface area contributed by atoms with Gasteiger partial charge in [-0.05, 0) is 6.07 Å². The van der Waals surface area contributed by atoms with Crippen LogP contribution in [-0.2, 0) is 20.9 Å². The molecule has 3 N–H and O–H groups in total. The number of carbonyl (C=O) groups excluding carboxylic acids is 1. The standard InChI is InChI=1S/C11H15FN2O3/c1-16-7-10(11(15)14-13)17-6-8-4-2-3-5-9(8)12/h2-5,10H,6-7,13H2,1H3,(H,14,15). The molecule has 17 heavy (non-hydrogen) atoms. The van der Waals surface area contributed by atoms with Crippen LogP contribution >= 0.6 is 0 Å². The van der Waals surface area contributed by atoms with E-state index in [1.165, 1.54) is 13.2 Å². The van der Waals surface area contributed by atoms with E-state index in [-0.39, 0.29) is 19.0 Å². The Labute approximate surface area is 98.7 Å². The van der Waals surface area contributed by atoms with Gasteiger partial charge in [-0.25, -0.2) is 10.2 Å². The van der Waals surface area contributed by atoms with Gasteiger partial charge in [0.15, 0.2) is 6.10 Å². The second kappa shape index (κ2) is 6.95. The van der Waals surface area contributed by atoms with Gasteiger partial charge in [-0.1, -0.05) is 18.2 Å². The average Bonchev–Trinajstić information content (AvgIpc) is 2.35. The van der Waals surface area contributed by atoms with E-state index in [0.29, 0.717) is 5.56 Å². The van der Waals surface area contributed by atoms with E-state index in [9.17, 15) is 9.18 Å². The Balaban J connectivity index is 2.57. The van der Waals surface area contributed by atoms with E-state index < -0.39 is 12.0 Å². The Morgan fingerprint density at radius 2 is 2.24 bits per heavy atom. The Morgan fingerprint density at radius 1 is 1.53 bits per heavy atom. The van der Waals surface area contributed by atoms with Crippen molar-refractivity contribution in [3.8, 4) is 0 Å². The molecule has 0 saturated carbocycles. The van der Waals surface area contributed by atoms with Crippen LogP contribution in [0.1, 0.15) is 5.56 Å². The number of carbonyl (C=O) groups is 1. The van der Waals surface area contributed by atoms with Gasteiger partial charge in [-0.15, -0.1) is 0 Å². The molecule has 0 aliphatic heterocycles. The number of rotatable bonds is 6. The first-order chi connectivity index (χ1) is 8.19. The van der Waals surface area contributed by atoms with Crippen LogP contribution in [0, 0.1) is 5.82 Å². The highest BCUT2D eigenvalue weighted by Crippen LogP contribution is 2.09. The molecular weight excluding hydrogens is 227 g/mol. The highest BCUT2D eigenvalue weighted by molar-refractivity contribution is 5.80. The fourth-order valence-electron chi connectivity index (χ4n) is 1.25. The minimum Gasteiger partial charge on any atom is -0.381 e. The normalized spacial score (nSPS) is 12.2. The van der Waals surface area contributed by atoms with Gasteiger partial charge in [0.1, 0.15) is 5.82 Å². The first kappa shape index (κ1) is 13.6. The molecule has 1 amide bonds. The first-order valence-electron chi connectivity index (χ1n) is 5.03. The summed E-state index contributed by atoms with van der Waals surface area (Å²) in [7, 11) is 1.43. The van der Waals surface area contributed by atoms with Crippen molar-refractivity contribution in [2.75, 3.05) is 13.7 Å². The summed E-state index contributed by atoms with van der Waals surface area (Å²) in [4.78, 5) is 11.3. The van der Waals surface area contributed by atoms with Crippen LogP contribution in [0.15, 0.2) is 24.3 Å². The topological polar surface area (TPSA) is 73.6 Å². The number of hydrogen-bond acceptors (Lipinski definition) is 4. The maximum Gasteiger partial charge on any atom is 0.265 e. The molecule has 0 radical (unpaired) electrons. The number of methoxy groups -OCH3 is 1. The van der Waals surface area contributed by atoms with Gasteiger partial charge in [0.25, 0.3) is 5.91 Å². The predicted molar refractivity (Wildman–Crippen MR) is 59.2 cm³/mol. The molecule has 1 rings (SSSR count). The molecule has 0 heterocycles. The molecule has 0 spiro atoms. The van der Waals surface area contributed by atoms with Crippen LogP contribution in [0.4, 0.5) is 4.39 Å². The van der Waals surface area contributed by atoms with Crippen molar-refractivity contribution in [2.24, 2.45) is 5.84 Å². The summed E-state index contributed by atoms with van der Waals surface area (Å²) in [5.41, 5.74) is 2.34. The third kappa shape index (κ3) is 4.10. The number of benzene rings is 1. The lowest BCUT2D eigenvalue weighted by atomic mass is 10.2. The maximum absolute atomic E-state index is 13.3. The van der Waals surface area contributed by atoms with E-state index >= 15 is 0 Å². The van der Waals surface area contributed by atoms with Crippen LogP contribution in [0.2, 0.25) is 0 Å². The van der Waals surface area contributed by atoms with Crippen molar-refractivity contribution in [1.82, 2.24) is 5.43 Å². The number of nitrogens with two attached hydrogens (primary N) is 1.